The molecule has 1 fully saturated rings. The van der Waals surface area contributed by atoms with Gasteiger partial charge in [-0.05, 0) is 48.2 Å². The SMILES string of the molecule is COc1ccc(-c2ccc(C(=O)C3CCC(Sc4ccccc4)C3C(=O)O)cc2)cc1. The Labute approximate surface area is 186 Å². The van der Waals surface area contributed by atoms with E-state index in [2.05, 4.69) is 0 Å². The van der Waals surface area contributed by atoms with Crippen molar-refractivity contribution in [2.24, 2.45) is 11.8 Å². The molecule has 3 unspecified atom stereocenters. The molecule has 3 aromatic carbocycles. The summed E-state index contributed by atoms with van der Waals surface area (Å²) in [5.41, 5.74) is 2.60. The number of carboxylic acids is 1. The smallest absolute Gasteiger partial charge is 0.308 e. The lowest BCUT2D eigenvalue weighted by atomic mass is 9.88. The van der Waals surface area contributed by atoms with Gasteiger partial charge in [0.1, 0.15) is 5.75 Å². The summed E-state index contributed by atoms with van der Waals surface area (Å²) in [7, 11) is 1.63. The summed E-state index contributed by atoms with van der Waals surface area (Å²) in [6, 6.07) is 25.0. The first kappa shape index (κ1) is 21.2. The third kappa shape index (κ3) is 4.67. The molecule has 4 nitrogen and oxygen atoms in total. The van der Waals surface area contributed by atoms with Gasteiger partial charge in [0, 0.05) is 21.6 Å². The Morgan fingerprint density at radius 3 is 2.06 bits per heavy atom. The van der Waals surface area contributed by atoms with Crippen molar-refractivity contribution in [3.8, 4) is 16.9 Å². The molecule has 1 aliphatic carbocycles. The number of hydrogen-bond donors (Lipinski definition) is 1. The third-order valence-electron chi connectivity index (χ3n) is 5.84. The minimum Gasteiger partial charge on any atom is -0.497 e. The number of aliphatic carboxylic acids is 1. The second-order valence-electron chi connectivity index (χ2n) is 7.69. The van der Waals surface area contributed by atoms with E-state index in [-0.39, 0.29) is 11.0 Å². The monoisotopic (exact) mass is 432 g/mol. The van der Waals surface area contributed by atoms with Crippen LogP contribution in [0.5, 0.6) is 5.75 Å². The minimum absolute atomic E-state index is 0.0788. The number of ketones is 1. The van der Waals surface area contributed by atoms with Crippen LogP contribution in [0.1, 0.15) is 23.2 Å². The standard InChI is InChI=1S/C26H24O4S/c1-30-20-13-11-18(12-14-20)17-7-9-19(10-8-17)25(27)22-15-16-23(24(22)26(28)29)31-21-5-3-2-4-6-21/h2-14,22-24H,15-16H2,1H3,(H,28,29). The zero-order valence-electron chi connectivity index (χ0n) is 17.2. The molecule has 0 aliphatic heterocycles. The second kappa shape index (κ2) is 9.40. The van der Waals surface area contributed by atoms with E-state index in [0.29, 0.717) is 12.0 Å². The van der Waals surface area contributed by atoms with Crippen LogP contribution in [0.3, 0.4) is 0 Å². The highest BCUT2D eigenvalue weighted by Gasteiger charge is 2.45. The molecule has 1 saturated carbocycles. The van der Waals surface area contributed by atoms with Crippen LogP contribution in [0, 0.1) is 11.8 Å². The van der Waals surface area contributed by atoms with Gasteiger partial charge < -0.3 is 9.84 Å². The molecule has 158 valence electrons. The number of hydrogen-bond acceptors (Lipinski definition) is 4. The highest BCUT2D eigenvalue weighted by atomic mass is 32.2. The number of carbonyl (C=O) groups is 2. The number of ether oxygens (including phenoxy) is 1. The Bertz CT molecular complexity index is 1050. The molecular weight excluding hydrogens is 408 g/mol. The number of Topliss-reactive ketones (excluding diaryl/α,β-unsaturated/α-hetero) is 1. The molecule has 0 heterocycles. The third-order valence-corrected chi connectivity index (χ3v) is 7.22. The van der Waals surface area contributed by atoms with Gasteiger partial charge in [-0.15, -0.1) is 11.8 Å². The number of methoxy groups -OCH3 is 1. The molecule has 0 bridgehead atoms. The molecule has 4 rings (SSSR count). The predicted molar refractivity (Wildman–Crippen MR) is 123 cm³/mol. The molecule has 0 saturated heterocycles. The highest BCUT2D eigenvalue weighted by Crippen LogP contribution is 2.44. The van der Waals surface area contributed by atoms with Gasteiger partial charge in [0.05, 0.1) is 13.0 Å². The van der Waals surface area contributed by atoms with Gasteiger partial charge in [0.15, 0.2) is 5.78 Å². The van der Waals surface area contributed by atoms with Crippen LogP contribution in [0.4, 0.5) is 0 Å². The van der Waals surface area contributed by atoms with Gasteiger partial charge in [-0.2, -0.15) is 0 Å². The normalized spacial score (nSPS) is 20.4. The first-order valence-electron chi connectivity index (χ1n) is 10.3. The Balaban J connectivity index is 1.50. The van der Waals surface area contributed by atoms with Crippen molar-refractivity contribution in [3.63, 3.8) is 0 Å². The topological polar surface area (TPSA) is 63.6 Å². The second-order valence-corrected chi connectivity index (χ2v) is 9.00. The maximum atomic E-state index is 13.2. The lowest BCUT2D eigenvalue weighted by Gasteiger charge is -2.20. The van der Waals surface area contributed by atoms with E-state index in [4.69, 9.17) is 4.74 Å². The molecular formula is C26H24O4S. The fourth-order valence-corrected chi connectivity index (χ4v) is 5.59. The first-order chi connectivity index (χ1) is 15.1. The summed E-state index contributed by atoms with van der Waals surface area (Å²) in [5.74, 6) is -1.35. The van der Waals surface area contributed by atoms with Crippen molar-refractivity contribution in [2.75, 3.05) is 7.11 Å². The van der Waals surface area contributed by atoms with Crippen molar-refractivity contribution < 1.29 is 19.4 Å². The molecule has 31 heavy (non-hydrogen) atoms. The van der Waals surface area contributed by atoms with Crippen molar-refractivity contribution in [1.82, 2.24) is 0 Å². The Morgan fingerprint density at radius 2 is 1.48 bits per heavy atom. The zero-order chi connectivity index (χ0) is 21.8. The summed E-state index contributed by atoms with van der Waals surface area (Å²) in [5, 5.41) is 9.78. The summed E-state index contributed by atoms with van der Waals surface area (Å²) in [6.45, 7) is 0. The van der Waals surface area contributed by atoms with Crippen LogP contribution in [-0.2, 0) is 4.79 Å². The zero-order valence-corrected chi connectivity index (χ0v) is 18.0. The molecule has 3 aromatic rings. The van der Waals surface area contributed by atoms with E-state index in [1.165, 1.54) is 0 Å². The molecule has 0 aromatic heterocycles. The molecule has 1 N–H and O–H groups in total. The van der Waals surface area contributed by atoms with Crippen molar-refractivity contribution >= 4 is 23.5 Å². The van der Waals surface area contributed by atoms with Gasteiger partial charge >= 0.3 is 5.97 Å². The van der Waals surface area contributed by atoms with Crippen molar-refractivity contribution in [2.45, 2.75) is 23.0 Å². The number of rotatable bonds is 7. The van der Waals surface area contributed by atoms with Gasteiger partial charge in [0.2, 0.25) is 0 Å². The Hall–Kier alpha value is -3.05. The van der Waals surface area contributed by atoms with E-state index in [1.54, 1.807) is 31.0 Å². The van der Waals surface area contributed by atoms with Crippen LogP contribution in [0.25, 0.3) is 11.1 Å². The molecule has 0 radical (unpaired) electrons. The average molecular weight is 433 g/mol. The number of thioether (sulfide) groups is 1. The lowest BCUT2D eigenvalue weighted by Crippen LogP contribution is -2.30. The van der Waals surface area contributed by atoms with E-state index < -0.39 is 17.8 Å². The summed E-state index contributed by atoms with van der Waals surface area (Å²) >= 11 is 1.56. The predicted octanol–water partition coefficient (Wildman–Crippen LogP) is 5.82. The molecule has 3 atom stereocenters. The first-order valence-corrected chi connectivity index (χ1v) is 11.2. The van der Waals surface area contributed by atoms with Crippen molar-refractivity contribution in [3.05, 3.63) is 84.4 Å². The number of carboxylic acid groups (broad SMARTS) is 1. The minimum atomic E-state index is -0.890. The van der Waals surface area contributed by atoms with Crippen LogP contribution < -0.4 is 4.74 Å². The molecule has 0 amide bonds. The van der Waals surface area contributed by atoms with Gasteiger partial charge in [-0.1, -0.05) is 54.6 Å². The lowest BCUT2D eigenvalue weighted by molar-refractivity contribution is -0.142. The molecule has 1 aliphatic rings. The highest BCUT2D eigenvalue weighted by molar-refractivity contribution is 8.00. The quantitative estimate of drug-likeness (QED) is 0.477. The Morgan fingerprint density at radius 1 is 0.871 bits per heavy atom. The molecule has 5 heteroatoms. The Kier molecular flexibility index (Phi) is 6.42. The summed E-state index contributed by atoms with van der Waals surface area (Å²) in [6.07, 6.45) is 1.32. The van der Waals surface area contributed by atoms with E-state index in [9.17, 15) is 14.7 Å². The van der Waals surface area contributed by atoms with Crippen LogP contribution in [0.2, 0.25) is 0 Å². The van der Waals surface area contributed by atoms with Gasteiger partial charge in [0.25, 0.3) is 0 Å². The fourth-order valence-electron chi connectivity index (χ4n) is 4.22. The van der Waals surface area contributed by atoms with Gasteiger partial charge in [-0.25, -0.2) is 0 Å². The number of carbonyl (C=O) groups excluding carboxylic acids is 1. The number of benzene rings is 3. The average Bonchev–Trinajstić information content (AvgIpc) is 3.23. The summed E-state index contributed by atoms with van der Waals surface area (Å²) < 4.78 is 5.19. The largest absolute Gasteiger partial charge is 0.497 e. The summed E-state index contributed by atoms with van der Waals surface area (Å²) in [4.78, 5) is 26.3. The van der Waals surface area contributed by atoms with Crippen LogP contribution in [0.15, 0.2) is 83.8 Å². The maximum Gasteiger partial charge on any atom is 0.308 e. The fraction of sp³-hybridized carbons (Fsp3) is 0.231. The van der Waals surface area contributed by atoms with E-state index in [1.807, 2.05) is 66.7 Å². The van der Waals surface area contributed by atoms with E-state index in [0.717, 1.165) is 28.2 Å². The molecule has 0 spiro atoms. The maximum absolute atomic E-state index is 13.2. The van der Waals surface area contributed by atoms with Crippen molar-refractivity contribution in [1.29, 1.82) is 0 Å². The van der Waals surface area contributed by atoms with E-state index >= 15 is 0 Å². The van der Waals surface area contributed by atoms with Crippen LogP contribution >= 0.6 is 11.8 Å². The van der Waals surface area contributed by atoms with Crippen LogP contribution in [-0.4, -0.2) is 29.2 Å². The van der Waals surface area contributed by atoms with Gasteiger partial charge in [-0.3, -0.25) is 9.59 Å².